The highest BCUT2D eigenvalue weighted by atomic mass is 16.5. The zero-order valence-electron chi connectivity index (χ0n) is 21.3. The van der Waals surface area contributed by atoms with Gasteiger partial charge in [0, 0.05) is 62.7 Å². The largest absolute Gasteiger partial charge is 0.497 e. The van der Waals surface area contributed by atoms with E-state index < -0.39 is 11.9 Å². The van der Waals surface area contributed by atoms with Gasteiger partial charge in [-0.05, 0) is 43.0 Å². The van der Waals surface area contributed by atoms with Gasteiger partial charge in [0.05, 0.1) is 7.11 Å². The zero-order valence-corrected chi connectivity index (χ0v) is 21.3. The van der Waals surface area contributed by atoms with Crippen LogP contribution in [0.2, 0.25) is 0 Å². The molecule has 1 aromatic carbocycles. The van der Waals surface area contributed by atoms with Crippen molar-refractivity contribution >= 4 is 34.5 Å². The van der Waals surface area contributed by atoms with Gasteiger partial charge in [-0.15, -0.1) is 0 Å². The van der Waals surface area contributed by atoms with Crippen molar-refractivity contribution in [2.75, 3.05) is 46.4 Å². The van der Waals surface area contributed by atoms with Crippen LogP contribution in [0.5, 0.6) is 5.75 Å². The Labute approximate surface area is 216 Å². The topological polar surface area (TPSA) is 160 Å². The minimum atomic E-state index is -1.82. The molecule has 1 aliphatic heterocycles. The Hall–Kier alpha value is -3.44. The SMILES string of the molecule is COc1ccc2[nH]cc(CCN3CCN(C(=O)CCCCCCC(=O)CO)CC3)c2c1.O=C(O)C(=O)O. The number of carbonyl (C=O) groups is 4. The number of H-pyrrole nitrogens is 1. The number of aliphatic hydroxyl groups is 1. The molecule has 0 aliphatic carbocycles. The van der Waals surface area contributed by atoms with Crippen LogP contribution in [0.3, 0.4) is 0 Å². The molecule has 11 heteroatoms. The normalized spacial score (nSPS) is 13.6. The molecule has 4 N–H and O–H groups in total. The van der Waals surface area contributed by atoms with E-state index in [2.05, 4.69) is 28.2 Å². The van der Waals surface area contributed by atoms with Gasteiger partial charge in [0.1, 0.15) is 12.4 Å². The van der Waals surface area contributed by atoms with Gasteiger partial charge in [0.15, 0.2) is 5.78 Å². The quantitative estimate of drug-likeness (QED) is 0.243. The Balaban J connectivity index is 0.000000717. The predicted octanol–water partition coefficient (Wildman–Crippen LogP) is 1.92. The van der Waals surface area contributed by atoms with Crippen LogP contribution in [-0.2, 0) is 25.6 Å². The lowest BCUT2D eigenvalue weighted by Crippen LogP contribution is -2.49. The van der Waals surface area contributed by atoms with E-state index in [4.69, 9.17) is 29.6 Å². The van der Waals surface area contributed by atoms with E-state index in [0.29, 0.717) is 12.8 Å². The van der Waals surface area contributed by atoms with Gasteiger partial charge < -0.3 is 29.9 Å². The molecule has 0 saturated carbocycles. The van der Waals surface area contributed by atoms with Crippen molar-refractivity contribution in [3.63, 3.8) is 0 Å². The molecule has 1 saturated heterocycles. The molecular weight excluding hydrogens is 482 g/mol. The van der Waals surface area contributed by atoms with Crippen molar-refractivity contribution in [3.05, 3.63) is 30.0 Å². The summed E-state index contributed by atoms with van der Waals surface area (Å²) in [5.41, 5.74) is 2.43. The number of nitrogens with zero attached hydrogens (tertiary/aromatic N) is 2. The number of ether oxygens (including phenoxy) is 1. The van der Waals surface area contributed by atoms with Crippen LogP contribution in [0.1, 0.15) is 44.1 Å². The van der Waals surface area contributed by atoms with Gasteiger partial charge in [-0.25, -0.2) is 9.59 Å². The standard InChI is InChI=1S/C24H35N3O4.C2H2O4/c1-31-21-8-9-23-22(16-21)19(17-25-23)10-11-26-12-14-27(15-13-26)24(30)7-5-3-2-4-6-20(29)18-28;3-1(4)2(5)6/h8-9,16-17,25,28H,2-7,10-15,18H2,1H3;(H,3,4)(H,5,6). The fourth-order valence-electron chi connectivity index (χ4n) is 4.18. The Morgan fingerprint density at radius 2 is 1.59 bits per heavy atom. The Bertz CT molecular complexity index is 1030. The van der Waals surface area contributed by atoms with Crippen LogP contribution in [-0.4, -0.2) is 100 Å². The second-order valence-corrected chi connectivity index (χ2v) is 8.92. The highest BCUT2D eigenvalue weighted by molar-refractivity contribution is 6.27. The Morgan fingerprint density at radius 1 is 0.946 bits per heavy atom. The summed E-state index contributed by atoms with van der Waals surface area (Å²) < 4.78 is 5.35. The third-order valence-corrected chi connectivity index (χ3v) is 6.35. The number of nitrogens with one attached hydrogen (secondary N) is 1. The number of ketones is 1. The molecule has 2 aromatic rings. The molecule has 1 aliphatic rings. The summed E-state index contributed by atoms with van der Waals surface area (Å²) in [6.07, 6.45) is 7.66. The number of fused-ring (bicyclic) bond motifs is 1. The van der Waals surface area contributed by atoms with Crippen molar-refractivity contribution in [3.8, 4) is 5.75 Å². The number of carbonyl (C=O) groups excluding carboxylic acids is 2. The van der Waals surface area contributed by atoms with E-state index in [-0.39, 0.29) is 18.3 Å². The lowest BCUT2D eigenvalue weighted by atomic mass is 10.1. The maximum Gasteiger partial charge on any atom is 0.414 e. The monoisotopic (exact) mass is 519 g/mol. The summed E-state index contributed by atoms with van der Waals surface area (Å²) in [4.78, 5) is 49.5. The molecule has 1 amide bonds. The van der Waals surface area contributed by atoms with Crippen LogP contribution < -0.4 is 4.74 Å². The van der Waals surface area contributed by atoms with Crippen LogP contribution >= 0.6 is 0 Å². The van der Waals surface area contributed by atoms with Gasteiger partial charge in [-0.1, -0.05) is 12.8 Å². The first-order valence-corrected chi connectivity index (χ1v) is 12.5. The van der Waals surface area contributed by atoms with Crippen LogP contribution in [0.15, 0.2) is 24.4 Å². The summed E-state index contributed by atoms with van der Waals surface area (Å²) in [6.45, 7) is 4.05. The third kappa shape index (κ3) is 10.2. The molecule has 1 aromatic heterocycles. The van der Waals surface area contributed by atoms with Gasteiger partial charge in [-0.3, -0.25) is 14.5 Å². The predicted molar refractivity (Wildman–Crippen MR) is 137 cm³/mol. The number of aliphatic hydroxyl groups excluding tert-OH is 1. The number of unbranched alkanes of at least 4 members (excludes halogenated alkanes) is 3. The smallest absolute Gasteiger partial charge is 0.414 e. The summed E-state index contributed by atoms with van der Waals surface area (Å²) in [7, 11) is 1.69. The first kappa shape index (κ1) is 29.8. The van der Waals surface area contributed by atoms with Crippen LogP contribution in [0.4, 0.5) is 0 Å². The van der Waals surface area contributed by atoms with E-state index in [9.17, 15) is 9.59 Å². The number of hydrogen-bond acceptors (Lipinski definition) is 7. The number of carboxylic acid groups (broad SMARTS) is 2. The minimum Gasteiger partial charge on any atom is -0.497 e. The fraction of sp³-hybridized carbons (Fsp3) is 0.538. The lowest BCUT2D eigenvalue weighted by Gasteiger charge is -2.34. The van der Waals surface area contributed by atoms with Crippen LogP contribution in [0, 0.1) is 0 Å². The molecule has 3 rings (SSSR count). The zero-order chi connectivity index (χ0) is 27.2. The summed E-state index contributed by atoms with van der Waals surface area (Å²) in [6, 6.07) is 6.11. The number of methoxy groups -OCH3 is 1. The molecule has 1 fully saturated rings. The molecule has 0 bridgehead atoms. The molecule has 37 heavy (non-hydrogen) atoms. The van der Waals surface area contributed by atoms with Gasteiger partial charge in [-0.2, -0.15) is 0 Å². The van der Waals surface area contributed by atoms with Gasteiger partial charge >= 0.3 is 11.9 Å². The number of rotatable bonds is 12. The van der Waals surface area contributed by atoms with E-state index >= 15 is 0 Å². The molecular formula is C26H37N3O8. The number of benzene rings is 1. The third-order valence-electron chi connectivity index (χ3n) is 6.35. The second kappa shape index (κ2) is 15.6. The molecule has 0 atom stereocenters. The molecule has 0 radical (unpaired) electrons. The molecule has 11 nitrogen and oxygen atoms in total. The van der Waals surface area contributed by atoms with Crippen molar-refractivity contribution in [2.45, 2.75) is 44.9 Å². The number of carboxylic acids is 2. The van der Waals surface area contributed by atoms with E-state index in [0.717, 1.165) is 76.1 Å². The Morgan fingerprint density at radius 3 is 2.19 bits per heavy atom. The number of piperazine rings is 1. The number of aliphatic carboxylic acids is 2. The summed E-state index contributed by atoms with van der Waals surface area (Å²) >= 11 is 0. The van der Waals surface area contributed by atoms with E-state index in [1.165, 1.54) is 10.9 Å². The highest BCUT2D eigenvalue weighted by Crippen LogP contribution is 2.24. The summed E-state index contributed by atoms with van der Waals surface area (Å²) in [5.74, 6) is -2.63. The maximum absolute atomic E-state index is 12.4. The van der Waals surface area contributed by atoms with Crippen molar-refractivity contribution in [2.24, 2.45) is 0 Å². The molecule has 2 heterocycles. The maximum atomic E-state index is 12.4. The average Bonchev–Trinajstić information content (AvgIpc) is 3.31. The first-order valence-electron chi connectivity index (χ1n) is 12.5. The second-order valence-electron chi connectivity index (χ2n) is 8.92. The van der Waals surface area contributed by atoms with Gasteiger partial charge in [0.2, 0.25) is 5.91 Å². The Kier molecular flexibility index (Phi) is 12.6. The van der Waals surface area contributed by atoms with Crippen LogP contribution in [0.25, 0.3) is 10.9 Å². The fourth-order valence-corrected chi connectivity index (χ4v) is 4.18. The minimum absolute atomic E-state index is 0.0987. The van der Waals surface area contributed by atoms with Crippen molar-refractivity contribution in [1.82, 2.24) is 14.8 Å². The number of aromatic nitrogens is 1. The number of hydrogen-bond donors (Lipinski definition) is 4. The van der Waals surface area contributed by atoms with E-state index in [1.54, 1.807) is 7.11 Å². The summed E-state index contributed by atoms with van der Waals surface area (Å²) in [5, 5.41) is 24.7. The van der Waals surface area contributed by atoms with Crippen molar-refractivity contribution < 1.29 is 39.2 Å². The number of Topliss-reactive ketones (excluding diaryl/α,β-unsaturated/α-hetero) is 1. The molecule has 0 spiro atoms. The number of aromatic amines is 1. The highest BCUT2D eigenvalue weighted by Gasteiger charge is 2.20. The molecule has 0 unspecified atom stereocenters. The van der Waals surface area contributed by atoms with Gasteiger partial charge in [0.25, 0.3) is 0 Å². The molecule has 204 valence electrons. The van der Waals surface area contributed by atoms with Crippen molar-refractivity contribution in [1.29, 1.82) is 0 Å². The number of amides is 1. The first-order chi connectivity index (χ1) is 17.7. The van der Waals surface area contributed by atoms with E-state index in [1.807, 2.05) is 11.0 Å². The average molecular weight is 520 g/mol. The lowest BCUT2D eigenvalue weighted by molar-refractivity contribution is -0.159.